The third-order valence-corrected chi connectivity index (χ3v) is 1.98. The first kappa shape index (κ1) is 10.5. The van der Waals surface area contributed by atoms with Crippen LogP contribution in [0.5, 0.6) is 0 Å². The molecule has 0 fully saturated rings. The fourth-order valence-corrected chi connectivity index (χ4v) is 1.15. The van der Waals surface area contributed by atoms with Gasteiger partial charge in [0.1, 0.15) is 0 Å². The van der Waals surface area contributed by atoms with Gasteiger partial charge in [-0.25, -0.2) is 0 Å². The van der Waals surface area contributed by atoms with Crippen molar-refractivity contribution in [2.75, 3.05) is 0 Å². The molecule has 0 spiro atoms. The lowest BCUT2D eigenvalue weighted by Gasteiger charge is -2.21. The van der Waals surface area contributed by atoms with Crippen LogP contribution in [-0.2, 0) is 4.79 Å². The quantitative estimate of drug-likeness (QED) is 0.601. The predicted octanol–water partition coefficient (Wildman–Crippen LogP) is 1.20. The van der Waals surface area contributed by atoms with Gasteiger partial charge in [-0.1, -0.05) is 33.6 Å². The van der Waals surface area contributed by atoms with Crippen molar-refractivity contribution in [3.05, 3.63) is 0 Å². The summed E-state index contributed by atoms with van der Waals surface area (Å²) < 4.78 is 0. The zero-order valence-corrected chi connectivity index (χ0v) is 7.59. The average molecular weight is 157 g/mol. The van der Waals surface area contributed by atoms with Crippen LogP contribution in [0.2, 0.25) is 0 Å². The predicted molar refractivity (Wildman–Crippen MR) is 42.9 cm³/mol. The van der Waals surface area contributed by atoms with Gasteiger partial charge < -0.3 is 9.90 Å². The molecule has 0 aliphatic rings. The number of hydrogen-bond acceptors (Lipinski definition) is 2. The highest BCUT2D eigenvalue weighted by Gasteiger charge is 2.12. The summed E-state index contributed by atoms with van der Waals surface area (Å²) in [6.07, 6.45) is 2.80. The van der Waals surface area contributed by atoms with E-state index < -0.39 is 5.97 Å². The van der Waals surface area contributed by atoms with Crippen LogP contribution >= 0.6 is 0 Å². The average Bonchev–Trinajstić information content (AvgIpc) is 1.87. The van der Waals surface area contributed by atoms with Gasteiger partial charge >= 0.3 is 0 Å². The SMILES string of the molecule is CCCCC(C(=O)[O-])C(C)C. The number of rotatable bonds is 5. The van der Waals surface area contributed by atoms with Crippen LogP contribution in [0.4, 0.5) is 0 Å². The first-order valence-electron chi connectivity index (χ1n) is 4.30. The van der Waals surface area contributed by atoms with Crippen molar-refractivity contribution in [3.63, 3.8) is 0 Å². The molecule has 2 nitrogen and oxygen atoms in total. The molecule has 0 aromatic heterocycles. The van der Waals surface area contributed by atoms with Gasteiger partial charge in [-0.3, -0.25) is 0 Å². The zero-order valence-electron chi connectivity index (χ0n) is 7.59. The van der Waals surface area contributed by atoms with Crippen molar-refractivity contribution in [1.82, 2.24) is 0 Å². The molecule has 0 aliphatic carbocycles. The zero-order chi connectivity index (χ0) is 8.85. The lowest BCUT2D eigenvalue weighted by molar-refractivity contribution is -0.313. The Balaban J connectivity index is 3.80. The standard InChI is InChI=1S/C9H18O2/c1-4-5-6-8(7(2)3)9(10)11/h7-8H,4-6H2,1-3H3,(H,10,11)/p-1. The lowest BCUT2D eigenvalue weighted by Crippen LogP contribution is -2.34. The molecule has 0 saturated carbocycles. The number of unbranched alkanes of at least 4 members (excludes halogenated alkanes) is 1. The molecule has 0 radical (unpaired) electrons. The van der Waals surface area contributed by atoms with Gasteiger partial charge in [0.2, 0.25) is 0 Å². The van der Waals surface area contributed by atoms with Crippen molar-refractivity contribution in [3.8, 4) is 0 Å². The fraction of sp³-hybridized carbons (Fsp3) is 0.889. The third-order valence-electron chi connectivity index (χ3n) is 1.98. The van der Waals surface area contributed by atoms with Crippen molar-refractivity contribution in [2.45, 2.75) is 40.0 Å². The molecule has 0 aliphatic heterocycles. The van der Waals surface area contributed by atoms with Gasteiger partial charge in [0.15, 0.2) is 0 Å². The Morgan fingerprint density at radius 3 is 2.27 bits per heavy atom. The van der Waals surface area contributed by atoms with E-state index in [0.29, 0.717) is 0 Å². The molecule has 66 valence electrons. The van der Waals surface area contributed by atoms with Crippen molar-refractivity contribution < 1.29 is 9.90 Å². The Kier molecular flexibility index (Phi) is 4.92. The van der Waals surface area contributed by atoms with Gasteiger partial charge in [0.25, 0.3) is 0 Å². The first-order valence-corrected chi connectivity index (χ1v) is 4.30. The molecular weight excluding hydrogens is 140 g/mol. The molecule has 0 N–H and O–H groups in total. The van der Waals surface area contributed by atoms with Crippen LogP contribution in [0.3, 0.4) is 0 Å². The van der Waals surface area contributed by atoms with E-state index >= 15 is 0 Å². The minimum Gasteiger partial charge on any atom is -0.550 e. The molecule has 2 heteroatoms. The molecule has 0 aromatic rings. The molecule has 0 rings (SSSR count). The Hall–Kier alpha value is -0.530. The number of aliphatic carboxylic acids is 1. The smallest absolute Gasteiger partial charge is 0.0447 e. The third kappa shape index (κ3) is 4.02. The molecule has 11 heavy (non-hydrogen) atoms. The highest BCUT2D eigenvalue weighted by molar-refractivity contribution is 5.67. The van der Waals surface area contributed by atoms with Crippen LogP contribution in [0, 0.1) is 11.8 Å². The molecular formula is C9H17O2-. The normalized spacial score (nSPS) is 13.5. The fourth-order valence-electron chi connectivity index (χ4n) is 1.15. The maximum atomic E-state index is 10.5. The summed E-state index contributed by atoms with van der Waals surface area (Å²) in [7, 11) is 0. The van der Waals surface area contributed by atoms with Crippen LogP contribution in [0.25, 0.3) is 0 Å². The topological polar surface area (TPSA) is 40.1 Å². The first-order chi connectivity index (χ1) is 5.09. The van der Waals surface area contributed by atoms with Crippen molar-refractivity contribution >= 4 is 5.97 Å². The number of carboxylic acids is 1. The van der Waals surface area contributed by atoms with Gasteiger partial charge in [0.05, 0.1) is 0 Å². The van der Waals surface area contributed by atoms with Crippen LogP contribution in [-0.4, -0.2) is 5.97 Å². The van der Waals surface area contributed by atoms with Gasteiger partial charge in [-0.2, -0.15) is 0 Å². The van der Waals surface area contributed by atoms with Crippen LogP contribution in [0.15, 0.2) is 0 Å². The Morgan fingerprint density at radius 1 is 1.45 bits per heavy atom. The number of carbonyl (C=O) groups is 1. The summed E-state index contributed by atoms with van der Waals surface area (Å²) in [5.74, 6) is -0.949. The maximum Gasteiger partial charge on any atom is 0.0447 e. The molecule has 0 saturated heterocycles. The summed E-state index contributed by atoms with van der Waals surface area (Å²) >= 11 is 0. The van der Waals surface area contributed by atoms with E-state index in [1.54, 1.807) is 0 Å². The van der Waals surface area contributed by atoms with E-state index in [2.05, 4.69) is 6.92 Å². The van der Waals surface area contributed by atoms with E-state index in [1.807, 2.05) is 13.8 Å². The Morgan fingerprint density at radius 2 is 2.00 bits per heavy atom. The maximum absolute atomic E-state index is 10.5. The Bertz CT molecular complexity index is 119. The molecule has 1 unspecified atom stereocenters. The summed E-state index contributed by atoms with van der Waals surface area (Å²) in [5, 5.41) is 10.5. The minimum absolute atomic E-state index is 0.201. The molecule has 0 aromatic carbocycles. The van der Waals surface area contributed by atoms with Crippen LogP contribution in [0.1, 0.15) is 40.0 Å². The number of hydrogen-bond donors (Lipinski definition) is 0. The Labute approximate surface area is 68.6 Å². The number of carboxylic acid groups (broad SMARTS) is 1. The van der Waals surface area contributed by atoms with E-state index in [0.717, 1.165) is 19.3 Å². The second kappa shape index (κ2) is 5.16. The highest BCUT2D eigenvalue weighted by Crippen LogP contribution is 2.16. The summed E-state index contributed by atoms with van der Waals surface area (Å²) in [5.41, 5.74) is 0. The lowest BCUT2D eigenvalue weighted by atomic mass is 9.91. The largest absolute Gasteiger partial charge is 0.550 e. The highest BCUT2D eigenvalue weighted by atomic mass is 16.4. The van der Waals surface area contributed by atoms with Crippen LogP contribution < -0.4 is 5.11 Å². The van der Waals surface area contributed by atoms with E-state index in [4.69, 9.17) is 0 Å². The van der Waals surface area contributed by atoms with Crippen molar-refractivity contribution in [2.24, 2.45) is 11.8 Å². The summed E-state index contributed by atoms with van der Waals surface area (Å²) in [6, 6.07) is 0. The summed E-state index contributed by atoms with van der Waals surface area (Å²) in [6.45, 7) is 5.92. The minimum atomic E-state index is -0.895. The number of carbonyl (C=O) groups excluding carboxylic acids is 1. The monoisotopic (exact) mass is 157 g/mol. The van der Waals surface area contributed by atoms with Gasteiger partial charge in [-0.15, -0.1) is 0 Å². The molecule has 0 amide bonds. The second-order valence-corrected chi connectivity index (χ2v) is 3.31. The van der Waals surface area contributed by atoms with Gasteiger partial charge in [0, 0.05) is 11.9 Å². The van der Waals surface area contributed by atoms with Crippen molar-refractivity contribution in [1.29, 1.82) is 0 Å². The molecule has 1 atom stereocenters. The molecule has 0 bridgehead atoms. The summed E-state index contributed by atoms with van der Waals surface area (Å²) in [4.78, 5) is 10.5. The molecule has 0 heterocycles. The van der Waals surface area contributed by atoms with E-state index in [9.17, 15) is 9.90 Å². The van der Waals surface area contributed by atoms with Gasteiger partial charge in [-0.05, 0) is 12.3 Å². The second-order valence-electron chi connectivity index (χ2n) is 3.31. The van der Waals surface area contributed by atoms with E-state index in [-0.39, 0.29) is 11.8 Å². The van der Waals surface area contributed by atoms with E-state index in [1.165, 1.54) is 0 Å².